The molecule has 0 amide bonds. The lowest BCUT2D eigenvalue weighted by Crippen LogP contribution is -2.28. The molecule has 4 rings (SSSR count). The molecule has 0 radical (unpaired) electrons. The third-order valence-electron chi connectivity index (χ3n) is 6.20. The summed E-state index contributed by atoms with van der Waals surface area (Å²) in [6, 6.07) is 19.2. The summed E-state index contributed by atoms with van der Waals surface area (Å²) in [5.41, 5.74) is 9.41. The number of ether oxygens (including phenoxy) is 1. The number of allylic oxidation sites excluding steroid dienone is 1. The largest absolute Gasteiger partial charge is 0.381 e. The lowest BCUT2D eigenvalue weighted by molar-refractivity contribution is 0.0904. The minimum atomic E-state index is 0.352. The highest BCUT2D eigenvalue weighted by atomic mass is 16.5. The van der Waals surface area contributed by atoms with Crippen molar-refractivity contribution in [1.82, 2.24) is 4.98 Å². The number of aromatic nitrogens is 1. The van der Waals surface area contributed by atoms with E-state index in [1.807, 2.05) is 24.4 Å². The Hall–Kier alpha value is -3.42. The van der Waals surface area contributed by atoms with Gasteiger partial charge in [-0.1, -0.05) is 30.3 Å². The van der Waals surface area contributed by atoms with E-state index in [0.29, 0.717) is 11.6 Å². The summed E-state index contributed by atoms with van der Waals surface area (Å²) in [5, 5.41) is 13.3. The second-order valence-corrected chi connectivity index (χ2v) is 8.41. The topological polar surface area (TPSA) is 57.9 Å². The Morgan fingerprint density at radius 2 is 1.91 bits per heavy atom. The number of anilines is 1. The summed E-state index contributed by atoms with van der Waals surface area (Å²) in [6.45, 7) is 7.89. The molecule has 3 aromatic rings. The lowest BCUT2D eigenvalue weighted by atomic mass is 9.95. The molecule has 32 heavy (non-hydrogen) atoms. The molecule has 1 fully saturated rings. The van der Waals surface area contributed by atoms with Gasteiger partial charge in [0.1, 0.15) is 6.07 Å². The van der Waals surface area contributed by atoms with E-state index >= 15 is 0 Å². The molecule has 1 aliphatic rings. The lowest BCUT2D eigenvalue weighted by Gasteiger charge is -2.24. The number of hydrogen-bond donors (Lipinski definition) is 1. The van der Waals surface area contributed by atoms with Gasteiger partial charge in [0.15, 0.2) is 0 Å². The molecular formula is C28H29N3O. The fourth-order valence-electron chi connectivity index (χ4n) is 4.30. The maximum absolute atomic E-state index is 9.78. The molecule has 2 heterocycles. The van der Waals surface area contributed by atoms with Gasteiger partial charge < -0.3 is 10.1 Å². The van der Waals surface area contributed by atoms with Crippen molar-refractivity contribution in [2.45, 2.75) is 39.7 Å². The molecule has 1 saturated heterocycles. The maximum atomic E-state index is 9.78. The number of nitriles is 1. The zero-order valence-electron chi connectivity index (χ0n) is 19.0. The van der Waals surface area contributed by atoms with Crippen LogP contribution in [0.25, 0.3) is 22.8 Å². The molecule has 0 unspecified atom stereocenters. The van der Waals surface area contributed by atoms with E-state index in [9.17, 15) is 5.26 Å². The van der Waals surface area contributed by atoms with Gasteiger partial charge in [0.25, 0.3) is 0 Å². The molecule has 1 N–H and O–H groups in total. The Labute approximate surface area is 190 Å². The number of nitrogens with zero attached hydrogens (tertiary/aromatic N) is 2. The number of aryl methyl sites for hydroxylation is 1. The monoisotopic (exact) mass is 423 g/mol. The van der Waals surface area contributed by atoms with E-state index in [2.05, 4.69) is 73.5 Å². The number of hydrogen-bond acceptors (Lipinski definition) is 4. The van der Waals surface area contributed by atoms with Gasteiger partial charge in [0.2, 0.25) is 0 Å². The van der Waals surface area contributed by atoms with Crippen molar-refractivity contribution in [3.05, 3.63) is 82.7 Å². The van der Waals surface area contributed by atoms with Crippen molar-refractivity contribution >= 4 is 17.3 Å². The van der Waals surface area contributed by atoms with Crippen LogP contribution in [0.15, 0.2) is 54.7 Å². The van der Waals surface area contributed by atoms with E-state index in [0.717, 1.165) is 54.1 Å². The zero-order valence-corrected chi connectivity index (χ0v) is 19.0. The smallest absolute Gasteiger partial charge is 0.101 e. The van der Waals surface area contributed by atoms with E-state index in [1.54, 1.807) is 0 Å². The van der Waals surface area contributed by atoms with Crippen LogP contribution in [0, 0.1) is 25.2 Å². The SMILES string of the molecule is C/C(=C\c1nccc(-c2ccc(NC3CCOCC3)c(C#N)c2)c1C)c1ccccc1C. The van der Waals surface area contributed by atoms with E-state index < -0.39 is 0 Å². The van der Waals surface area contributed by atoms with Gasteiger partial charge in [0.05, 0.1) is 16.9 Å². The summed E-state index contributed by atoms with van der Waals surface area (Å²) in [4.78, 5) is 4.63. The Morgan fingerprint density at radius 3 is 2.66 bits per heavy atom. The molecule has 4 nitrogen and oxygen atoms in total. The Morgan fingerprint density at radius 1 is 1.12 bits per heavy atom. The van der Waals surface area contributed by atoms with Crippen LogP contribution in [0.3, 0.4) is 0 Å². The third kappa shape index (κ3) is 4.74. The molecular weight excluding hydrogens is 394 g/mol. The van der Waals surface area contributed by atoms with Crippen molar-refractivity contribution in [3.63, 3.8) is 0 Å². The first-order chi connectivity index (χ1) is 15.6. The Bertz CT molecular complexity index is 1180. The minimum Gasteiger partial charge on any atom is -0.381 e. The van der Waals surface area contributed by atoms with Crippen LogP contribution in [0.4, 0.5) is 5.69 Å². The second kappa shape index (κ2) is 9.80. The molecule has 0 saturated carbocycles. The van der Waals surface area contributed by atoms with Gasteiger partial charge in [-0.25, -0.2) is 0 Å². The van der Waals surface area contributed by atoms with Crippen LogP contribution in [0.2, 0.25) is 0 Å². The van der Waals surface area contributed by atoms with E-state index in [4.69, 9.17) is 4.74 Å². The highest BCUT2D eigenvalue weighted by Gasteiger charge is 2.16. The van der Waals surface area contributed by atoms with Crippen molar-refractivity contribution in [2.24, 2.45) is 0 Å². The van der Waals surface area contributed by atoms with Crippen molar-refractivity contribution in [1.29, 1.82) is 5.26 Å². The standard InChI is InChI=1S/C28H29N3O/c1-19-6-4-5-7-25(19)20(2)16-28-21(3)26(10-13-30-28)22-8-9-27(23(17-22)18-29)31-24-11-14-32-15-12-24/h4-10,13,16-17,24,31H,11-12,14-15H2,1-3H3/b20-16+. The molecule has 0 atom stereocenters. The van der Waals surface area contributed by atoms with Gasteiger partial charge in [-0.3, -0.25) is 4.98 Å². The first-order valence-corrected chi connectivity index (χ1v) is 11.2. The average Bonchev–Trinajstić information content (AvgIpc) is 2.81. The average molecular weight is 424 g/mol. The first kappa shape index (κ1) is 21.8. The Kier molecular flexibility index (Phi) is 6.68. The van der Waals surface area contributed by atoms with Crippen molar-refractivity contribution in [3.8, 4) is 17.2 Å². The highest BCUT2D eigenvalue weighted by molar-refractivity contribution is 5.83. The Balaban J connectivity index is 1.65. The van der Waals surface area contributed by atoms with Crippen LogP contribution in [-0.2, 0) is 4.74 Å². The minimum absolute atomic E-state index is 0.352. The summed E-state index contributed by atoms with van der Waals surface area (Å²) >= 11 is 0. The fraction of sp³-hybridized carbons (Fsp3) is 0.286. The predicted octanol–water partition coefficient (Wildman–Crippen LogP) is 6.39. The quantitative estimate of drug-likeness (QED) is 0.517. The van der Waals surface area contributed by atoms with Gasteiger partial charge in [-0.2, -0.15) is 5.26 Å². The molecule has 1 aliphatic heterocycles. The van der Waals surface area contributed by atoms with Gasteiger partial charge >= 0.3 is 0 Å². The van der Waals surface area contributed by atoms with Crippen LogP contribution in [0.5, 0.6) is 0 Å². The summed E-state index contributed by atoms with van der Waals surface area (Å²) in [7, 11) is 0. The summed E-state index contributed by atoms with van der Waals surface area (Å²) in [6.07, 6.45) is 5.92. The molecule has 0 spiro atoms. The maximum Gasteiger partial charge on any atom is 0.101 e. The van der Waals surface area contributed by atoms with Crippen LogP contribution >= 0.6 is 0 Å². The third-order valence-corrected chi connectivity index (χ3v) is 6.20. The van der Waals surface area contributed by atoms with Gasteiger partial charge in [-0.05, 0) is 91.3 Å². The van der Waals surface area contributed by atoms with Crippen LogP contribution < -0.4 is 5.32 Å². The normalized spacial score (nSPS) is 14.8. The van der Waals surface area contributed by atoms with Crippen molar-refractivity contribution < 1.29 is 4.74 Å². The van der Waals surface area contributed by atoms with Crippen LogP contribution in [0.1, 0.15) is 47.7 Å². The second-order valence-electron chi connectivity index (χ2n) is 8.41. The molecule has 0 bridgehead atoms. The number of benzene rings is 2. The number of nitrogens with one attached hydrogen (secondary N) is 1. The number of pyridine rings is 1. The zero-order chi connectivity index (χ0) is 22.5. The van der Waals surface area contributed by atoms with Gasteiger partial charge in [0, 0.05) is 25.5 Å². The molecule has 2 aromatic carbocycles. The number of rotatable bonds is 5. The molecule has 162 valence electrons. The highest BCUT2D eigenvalue weighted by Crippen LogP contribution is 2.31. The first-order valence-electron chi connectivity index (χ1n) is 11.2. The fourth-order valence-corrected chi connectivity index (χ4v) is 4.30. The summed E-state index contributed by atoms with van der Waals surface area (Å²) in [5.74, 6) is 0. The van der Waals surface area contributed by atoms with Gasteiger partial charge in [-0.15, -0.1) is 0 Å². The summed E-state index contributed by atoms with van der Waals surface area (Å²) < 4.78 is 5.44. The molecule has 4 heteroatoms. The molecule has 1 aromatic heterocycles. The van der Waals surface area contributed by atoms with Crippen LogP contribution in [-0.4, -0.2) is 24.2 Å². The predicted molar refractivity (Wildman–Crippen MR) is 131 cm³/mol. The van der Waals surface area contributed by atoms with E-state index in [-0.39, 0.29) is 0 Å². The van der Waals surface area contributed by atoms with Crippen molar-refractivity contribution in [2.75, 3.05) is 18.5 Å². The van der Waals surface area contributed by atoms with E-state index in [1.165, 1.54) is 16.7 Å². The molecule has 0 aliphatic carbocycles.